The van der Waals surface area contributed by atoms with Gasteiger partial charge in [-0.05, 0) is 62.4 Å². The van der Waals surface area contributed by atoms with Crippen molar-refractivity contribution in [1.29, 1.82) is 0 Å². The van der Waals surface area contributed by atoms with E-state index >= 15 is 0 Å². The highest BCUT2D eigenvalue weighted by molar-refractivity contribution is 7.98. The summed E-state index contributed by atoms with van der Waals surface area (Å²) in [5.41, 5.74) is 4.19. The Morgan fingerprint density at radius 3 is 2.36 bits per heavy atom. The molecule has 0 spiro atoms. The summed E-state index contributed by atoms with van der Waals surface area (Å²) in [5, 5.41) is 6.25. The molecular weight excluding hydrogens is 292 g/mol. The Labute approximate surface area is 136 Å². The summed E-state index contributed by atoms with van der Waals surface area (Å²) in [7, 11) is 0. The Balaban J connectivity index is 2.06. The fourth-order valence-electron chi connectivity index (χ4n) is 2.36. The van der Waals surface area contributed by atoms with Crippen molar-refractivity contribution in [2.45, 2.75) is 31.7 Å². The number of aryl methyl sites for hydroxylation is 2. The third kappa shape index (κ3) is 4.28. The van der Waals surface area contributed by atoms with Crippen molar-refractivity contribution in [3.63, 3.8) is 0 Å². The topological polar surface area (TPSA) is 41.1 Å². The van der Waals surface area contributed by atoms with Crippen LogP contribution >= 0.6 is 11.8 Å². The Morgan fingerprint density at radius 2 is 1.73 bits per heavy atom. The third-order valence-corrected chi connectivity index (χ3v) is 4.16. The molecule has 22 heavy (non-hydrogen) atoms. The second kappa shape index (κ2) is 7.36. The molecule has 2 aromatic rings. The number of carbonyl (C=O) groups is 1. The van der Waals surface area contributed by atoms with E-state index in [1.807, 2.05) is 49.6 Å². The van der Waals surface area contributed by atoms with Gasteiger partial charge in [0.05, 0.1) is 5.69 Å². The molecular formula is C18H22N2OS. The third-order valence-electron chi connectivity index (χ3n) is 3.36. The highest BCUT2D eigenvalue weighted by Crippen LogP contribution is 2.25. The molecule has 3 nitrogen and oxygen atoms in total. The zero-order chi connectivity index (χ0) is 16.1. The van der Waals surface area contributed by atoms with Gasteiger partial charge in [-0.25, -0.2) is 0 Å². The number of carbonyl (C=O) groups excluding carboxylic acids is 1. The monoisotopic (exact) mass is 314 g/mol. The molecule has 1 amide bonds. The van der Waals surface area contributed by atoms with Crippen LogP contribution < -0.4 is 10.6 Å². The number of thioether (sulfide) groups is 1. The van der Waals surface area contributed by atoms with Gasteiger partial charge in [-0.3, -0.25) is 4.79 Å². The lowest BCUT2D eigenvalue weighted by atomic mass is 10.1. The summed E-state index contributed by atoms with van der Waals surface area (Å²) in [4.78, 5) is 13.4. The van der Waals surface area contributed by atoms with Crippen LogP contribution in [0.25, 0.3) is 0 Å². The molecule has 0 radical (unpaired) electrons. The van der Waals surface area contributed by atoms with Gasteiger partial charge in [0.25, 0.3) is 0 Å². The maximum Gasteiger partial charge on any atom is 0.246 e. The van der Waals surface area contributed by atoms with E-state index in [-0.39, 0.29) is 11.9 Å². The first-order valence-electron chi connectivity index (χ1n) is 7.28. The molecule has 0 fully saturated rings. The molecule has 0 saturated carbocycles. The summed E-state index contributed by atoms with van der Waals surface area (Å²) in [5.74, 6) is -0.0411. The van der Waals surface area contributed by atoms with E-state index in [2.05, 4.69) is 30.5 Å². The van der Waals surface area contributed by atoms with Crippen LogP contribution in [0.3, 0.4) is 0 Å². The molecule has 0 unspecified atom stereocenters. The molecule has 1 atom stereocenters. The SMILES string of the molecule is CSc1ccccc1NC(=O)[C@H](C)Nc1cc(C)cc(C)c1. The second-order valence-corrected chi connectivity index (χ2v) is 6.28. The van der Waals surface area contributed by atoms with Gasteiger partial charge in [-0.15, -0.1) is 11.8 Å². The maximum absolute atomic E-state index is 12.4. The molecule has 2 aromatic carbocycles. The van der Waals surface area contributed by atoms with E-state index in [4.69, 9.17) is 0 Å². The van der Waals surface area contributed by atoms with Crippen LogP contribution in [0.4, 0.5) is 11.4 Å². The smallest absolute Gasteiger partial charge is 0.246 e. The summed E-state index contributed by atoms with van der Waals surface area (Å²) in [6, 6.07) is 13.7. The lowest BCUT2D eigenvalue weighted by molar-refractivity contribution is -0.116. The quantitative estimate of drug-likeness (QED) is 0.800. The minimum atomic E-state index is -0.309. The number of anilines is 2. The van der Waals surface area contributed by atoms with Gasteiger partial charge in [0.1, 0.15) is 6.04 Å². The lowest BCUT2D eigenvalue weighted by Crippen LogP contribution is -2.32. The number of hydrogen-bond donors (Lipinski definition) is 2. The van der Waals surface area contributed by atoms with Crippen molar-refractivity contribution < 1.29 is 4.79 Å². The number of hydrogen-bond acceptors (Lipinski definition) is 3. The summed E-state index contributed by atoms with van der Waals surface area (Å²) >= 11 is 1.62. The van der Waals surface area contributed by atoms with Crippen molar-refractivity contribution in [3.8, 4) is 0 Å². The molecule has 0 saturated heterocycles. The molecule has 0 aliphatic rings. The zero-order valence-electron chi connectivity index (χ0n) is 13.4. The van der Waals surface area contributed by atoms with Crippen LogP contribution in [0.2, 0.25) is 0 Å². The first-order chi connectivity index (χ1) is 10.5. The van der Waals surface area contributed by atoms with Crippen molar-refractivity contribution in [2.24, 2.45) is 0 Å². The number of amides is 1. The van der Waals surface area contributed by atoms with Gasteiger partial charge >= 0.3 is 0 Å². The van der Waals surface area contributed by atoms with Gasteiger partial charge in [0, 0.05) is 10.6 Å². The van der Waals surface area contributed by atoms with Gasteiger partial charge in [-0.1, -0.05) is 18.2 Å². The van der Waals surface area contributed by atoms with Crippen LogP contribution in [-0.4, -0.2) is 18.2 Å². The molecule has 2 rings (SSSR count). The molecule has 0 aliphatic heterocycles. The normalized spacial score (nSPS) is 11.8. The van der Waals surface area contributed by atoms with Crippen molar-refractivity contribution in [2.75, 3.05) is 16.9 Å². The van der Waals surface area contributed by atoms with Crippen molar-refractivity contribution in [3.05, 3.63) is 53.6 Å². The minimum Gasteiger partial charge on any atom is -0.374 e. The Morgan fingerprint density at radius 1 is 1.09 bits per heavy atom. The summed E-state index contributed by atoms with van der Waals surface area (Å²) in [6.07, 6.45) is 2.00. The van der Waals surface area contributed by atoms with Crippen LogP contribution in [0.15, 0.2) is 47.4 Å². The fraction of sp³-hybridized carbons (Fsp3) is 0.278. The van der Waals surface area contributed by atoms with E-state index in [0.717, 1.165) is 16.3 Å². The maximum atomic E-state index is 12.4. The highest BCUT2D eigenvalue weighted by atomic mass is 32.2. The summed E-state index contributed by atoms with van der Waals surface area (Å²) < 4.78 is 0. The fourth-order valence-corrected chi connectivity index (χ4v) is 2.92. The number of benzene rings is 2. The van der Waals surface area contributed by atoms with Gasteiger partial charge < -0.3 is 10.6 Å². The zero-order valence-corrected chi connectivity index (χ0v) is 14.3. The highest BCUT2D eigenvalue weighted by Gasteiger charge is 2.14. The number of para-hydroxylation sites is 1. The van der Waals surface area contributed by atoms with Crippen LogP contribution in [0.5, 0.6) is 0 Å². The van der Waals surface area contributed by atoms with E-state index in [0.29, 0.717) is 0 Å². The van der Waals surface area contributed by atoms with Crippen molar-refractivity contribution >= 4 is 29.0 Å². The van der Waals surface area contributed by atoms with Gasteiger partial charge in [0.15, 0.2) is 0 Å². The van der Waals surface area contributed by atoms with E-state index in [1.54, 1.807) is 11.8 Å². The molecule has 0 bridgehead atoms. The molecule has 0 aliphatic carbocycles. The van der Waals surface area contributed by atoms with E-state index < -0.39 is 0 Å². The molecule has 0 heterocycles. The first kappa shape index (κ1) is 16.4. The predicted molar refractivity (Wildman–Crippen MR) is 95.9 cm³/mol. The number of rotatable bonds is 5. The average Bonchev–Trinajstić information content (AvgIpc) is 2.46. The molecule has 0 aromatic heterocycles. The number of nitrogens with one attached hydrogen (secondary N) is 2. The van der Waals surface area contributed by atoms with Crippen molar-refractivity contribution in [1.82, 2.24) is 0 Å². The lowest BCUT2D eigenvalue weighted by Gasteiger charge is -2.17. The van der Waals surface area contributed by atoms with E-state index in [1.165, 1.54) is 11.1 Å². The molecule has 116 valence electrons. The van der Waals surface area contributed by atoms with Gasteiger partial charge in [0.2, 0.25) is 5.91 Å². The Bertz CT molecular complexity index is 650. The molecule has 4 heteroatoms. The van der Waals surface area contributed by atoms with Crippen LogP contribution in [-0.2, 0) is 4.79 Å². The predicted octanol–water partition coefficient (Wildman–Crippen LogP) is 4.46. The van der Waals surface area contributed by atoms with Crippen LogP contribution in [0.1, 0.15) is 18.1 Å². The Kier molecular flexibility index (Phi) is 5.50. The molecule has 2 N–H and O–H groups in total. The minimum absolute atomic E-state index is 0.0411. The first-order valence-corrected chi connectivity index (χ1v) is 8.51. The standard InChI is InChI=1S/C18H22N2OS/c1-12-9-13(2)11-15(10-12)19-14(3)18(21)20-16-7-5-6-8-17(16)22-4/h5-11,14,19H,1-4H3,(H,20,21)/t14-/m0/s1. The van der Waals surface area contributed by atoms with Crippen LogP contribution in [0, 0.1) is 13.8 Å². The summed E-state index contributed by atoms with van der Waals surface area (Å²) in [6.45, 7) is 5.98. The second-order valence-electron chi connectivity index (χ2n) is 5.43. The Hall–Kier alpha value is -1.94. The van der Waals surface area contributed by atoms with Gasteiger partial charge in [-0.2, -0.15) is 0 Å². The largest absolute Gasteiger partial charge is 0.374 e. The van der Waals surface area contributed by atoms with E-state index in [9.17, 15) is 4.79 Å². The average molecular weight is 314 g/mol.